The molecule has 2 aromatic rings. The normalized spacial score (nSPS) is 10.3. The summed E-state index contributed by atoms with van der Waals surface area (Å²) in [6, 6.07) is 10.1. The van der Waals surface area contributed by atoms with Gasteiger partial charge in [-0.3, -0.25) is 4.79 Å². The Labute approximate surface area is 149 Å². The van der Waals surface area contributed by atoms with Crippen molar-refractivity contribution in [3.63, 3.8) is 0 Å². The van der Waals surface area contributed by atoms with Gasteiger partial charge in [-0.2, -0.15) is 0 Å². The first-order valence-corrected chi connectivity index (χ1v) is 7.95. The van der Waals surface area contributed by atoms with Crippen LogP contribution in [-0.2, 0) is 4.79 Å². The number of methoxy groups -OCH3 is 1. The molecule has 7 heteroatoms. The first-order chi connectivity index (χ1) is 11.0. The summed E-state index contributed by atoms with van der Waals surface area (Å²) in [5.41, 5.74) is 1.22. The molecule has 0 fully saturated rings. The Morgan fingerprint density at radius 3 is 2.39 bits per heavy atom. The Balaban J connectivity index is 1.91. The van der Waals surface area contributed by atoms with E-state index in [1.165, 1.54) is 7.11 Å². The van der Waals surface area contributed by atoms with Gasteiger partial charge in [0.1, 0.15) is 5.75 Å². The lowest BCUT2D eigenvalue weighted by atomic mass is 10.2. The molecule has 0 saturated carbocycles. The zero-order valence-electron chi connectivity index (χ0n) is 12.3. The van der Waals surface area contributed by atoms with E-state index in [4.69, 9.17) is 39.5 Å². The van der Waals surface area contributed by atoms with Crippen LogP contribution in [0, 0.1) is 0 Å². The molecule has 0 spiro atoms. The van der Waals surface area contributed by atoms with Crippen LogP contribution < -0.4 is 15.4 Å². The number of hydrogen-bond donors (Lipinski definition) is 2. The van der Waals surface area contributed by atoms with E-state index in [1.807, 2.05) is 0 Å². The van der Waals surface area contributed by atoms with Crippen LogP contribution in [0.2, 0.25) is 15.1 Å². The molecule has 1 amide bonds. The highest BCUT2D eigenvalue weighted by molar-refractivity contribution is 6.35. The van der Waals surface area contributed by atoms with Gasteiger partial charge in [0.05, 0.1) is 23.5 Å². The number of hydrogen-bond acceptors (Lipinski definition) is 3. The van der Waals surface area contributed by atoms with Crippen LogP contribution in [-0.4, -0.2) is 19.6 Å². The summed E-state index contributed by atoms with van der Waals surface area (Å²) in [6.07, 6.45) is 0.249. The lowest BCUT2D eigenvalue weighted by Crippen LogP contribution is -2.16. The number of nitrogens with one attached hydrogen (secondary N) is 2. The summed E-state index contributed by atoms with van der Waals surface area (Å²) in [7, 11) is 1.53. The Morgan fingerprint density at radius 2 is 1.70 bits per heavy atom. The first kappa shape index (κ1) is 17.7. The van der Waals surface area contributed by atoms with Gasteiger partial charge >= 0.3 is 0 Å². The summed E-state index contributed by atoms with van der Waals surface area (Å²) in [4.78, 5) is 12.0. The largest absolute Gasteiger partial charge is 0.495 e. The Bertz CT molecular complexity index is 708. The van der Waals surface area contributed by atoms with Gasteiger partial charge < -0.3 is 15.4 Å². The average Bonchev–Trinajstić information content (AvgIpc) is 2.51. The van der Waals surface area contributed by atoms with Crippen molar-refractivity contribution in [2.75, 3.05) is 24.3 Å². The molecule has 0 heterocycles. The van der Waals surface area contributed by atoms with Crippen LogP contribution in [0.1, 0.15) is 6.42 Å². The number of rotatable bonds is 6. The molecule has 2 rings (SSSR count). The predicted octanol–water partition coefficient (Wildman–Crippen LogP) is 5.10. The highest BCUT2D eigenvalue weighted by Gasteiger charge is 2.09. The summed E-state index contributed by atoms with van der Waals surface area (Å²) in [5, 5.41) is 7.48. The van der Waals surface area contributed by atoms with Gasteiger partial charge in [0.25, 0.3) is 0 Å². The first-order valence-electron chi connectivity index (χ1n) is 6.82. The van der Waals surface area contributed by atoms with Crippen LogP contribution in [0.5, 0.6) is 5.75 Å². The minimum atomic E-state index is -0.170. The molecule has 0 radical (unpaired) electrons. The van der Waals surface area contributed by atoms with Crippen molar-refractivity contribution in [1.82, 2.24) is 0 Å². The second-order valence-electron chi connectivity index (χ2n) is 4.69. The Hall–Kier alpha value is -1.62. The van der Waals surface area contributed by atoms with E-state index in [1.54, 1.807) is 36.4 Å². The van der Waals surface area contributed by atoms with Crippen molar-refractivity contribution in [3.05, 3.63) is 51.5 Å². The molecule has 0 atom stereocenters. The highest BCUT2D eigenvalue weighted by atomic mass is 35.5. The lowest BCUT2D eigenvalue weighted by molar-refractivity contribution is -0.115. The van der Waals surface area contributed by atoms with Crippen molar-refractivity contribution >= 4 is 52.1 Å². The van der Waals surface area contributed by atoms with Gasteiger partial charge in [-0.05, 0) is 36.4 Å². The van der Waals surface area contributed by atoms with E-state index in [2.05, 4.69) is 10.6 Å². The van der Waals surface area contributed by atoms with Crippen molar-refractivity contribution in [2.45, 2.75) is 6.42 Å². The molecule has 0 unspecified atom stereocenters. The zero-order chi connectivity index (χ0) is 16.8. The third-order valence-corrected chi connectivity index (χ3v) is 3.83. The molecule has 122 valence electrons. The summed E-state index contributed by atoms with van der Waals surface area (Å²) < 4.78 is 5.18. The zero-order valence-corrected chi connectivity index (χ0v) is 14.6. The van der Waals surface area contributed by atoms with Gasteiger partial charge in [-0.15, -0.1) is 0 Å². The maximum absolute atomic E-state index is 12.0. The molecule has 2 aromatic carbocycles. The van der Waals surface area contributed by atoms with E-state index in [0.717, 1.165) is 0 Å². The maximum atomic E-state index is 12.0. The second-order valence-corrected chi connectivity index (χ2v) is 5.97. The minimum Gasteiger partial charge on any atom is -0.495 e. The molecular weight excluding hydrogens is 359 g/mol. The fraction of sp³-hybridized carbons (Fsp3) is 0.188. The third-order valence-electron chi connectivity index (χ3n) is 3.03. The van der Waals surface area contributed by atoms with Crippen LogP contribution >= 0.6 is 34.8 Å². The van der Waals surface area contributed by atoms with Gasteiger partial charge in [0.2, 0.25) is 5.91 Å². The highest BCUT2D eigenvalue weighted by Crippen LogP contribution is 2.28. The smallest absolute Gasteiger partial charge is 0.226 e. The second kappa shape index (κ2) is 8.29. The fourth-order valence-electron chi connectivity index (χ4n) is 1.93. The number of ether oxygens (including phenoxy) is 1. The van der Waals surface area contributed by atoms with Gasteiger partial charge in [-0.25, -0.2) is 0 Å². The molecule has 0 saturated heterocycles. The summed E-state index contributed by atoms with van der Waals surface area (Å²) >= 11 is 17.9. The number of anilines is 2. The fourth-order valence-corrected chi connectivity index (χ4v) is 2.46. The van der Waals surface area contributed by atoms with Crippen molar-refractivity contribution in [1.29, 1.82) is 0 Å². The van der Waals surface area contributed by atoms with Gasteiger partial charge in [0.15, 0.2) is 0 Å². The minimum absolute atomic E-state index is 0.170. The molecular formula is C16H15Cl3N2O2. The monoisotopic (exact) mass is 372 g/mol. The van der Waals surface area contributed by atoms with Crippen LogP contribution in [0.4, 0.5) is 11.4 Å². The van der Waals surface area contributed by atoms with Gasteiger partial charge in [-0.1, -0.05) is 34.8 Å². The molecule has 0 aliphatic carbocycles. The Morgan fingerprint density at radius 1 is 1.04 bits per heavy atom. The average molecular weight is 374 g/mol. The number of benzene rings is 2. The standard InChI is InChI=1S/C16H15Cl3N2O2/c1-23-15-5-3-11(18)9-14(15)21-16(22)6-7-20-13-8-10(17)2-4-12(13)19/h2-5,8-9,20H,6-7H2,1H3,(H,21,22). The third kappa shape index (κ3) is 5.20. The summed E-state index contributed by atoms with van der Waals surface area (Å²) in [6.45, 7) is 0.411. The molecule has 2 N–H and O–H groups in total. The van der Waals surface area contributed by atoms with Crippen molar-refractivity contribution < 1.29 is 9.53 Å². The number of carbonyl (C=O) groups excluding carboxylic acids is 1. The molecule has 0 aromatic heterocycles. The molecule has 0 aliphatic rings. The molecule has 0 bridgehead atoms. The topological polar surface area (TPSA) is 50.4 Å². The van der Waals surface area contributed by atoms with E-state index in [0.29, 0.717) is 38.7 Å². The SMILES string of the molecule is COc1ccc(Cl)cc1NC(=O)CCNc1cc(Cl)ccc1Cl. The molecule has 0 aliphatic heterocycles. The van der Waals surface area contributed by atoms with E-state index >= 15 is 0 Å². The van der Waals surface area contributed by atoms with Crippen molar-refractivity contribution in [2.24, 2.45) is 0 Å². The molecule has 4 nitrogen and oxygen atoms in total. The van der Waals surface area contributed by atoms with Gasteiger partial charge in [0, 0.05) is 23.0 Å². The van der Waals surface area contributed by atoms with Crippen LogP contribution in [0.15, 0.2) is 36.4 Å². The Kier molecular flexibility index (Phi) is 6.39. The van der Waals surface area contributed by atoms with E-state index < -0.39 is 0 Å². The lowest BCUT2D eigenvalue weighted by Gasteiger charge is -2.12. The number of carbonyl (C=O) groups is 1. The predicted molar refractivity (Wildman–Crippen MR) is 96.2 cm³/mol. The number of amides is 1. The van der Waals surface area contributed by atoms with E-state index in [-0.39, 0.29) is 12.3 Å². The van der Waals surface area contributed by atoms with Crippen LogP contribution in [0.3, 0.4) is 0 Å². The quantitative estimate of drug-likeness (QED) is 0.741. The number of halogens is 3. The van der Waals surface area contributed by atoms with Crippen LogP contribution in [0.25, 0.3) is 0 Å². The maximum Gasteiger partial charge on any atom is 0.226 e. The van der Waals surface area contributed by atoms with E-state index in [9.17, 15) is 4.79 Å². The van der Waals surface area contributed by atoms with Crippen molar-refractivity contribution in [3.8, 4) is 5.75 Å². The summed E-state index contributed by atoms with van der Waals surface area (Å²) in [5.74, 6) is 0.379. The molecule has 23 heavy (non-hydrogen) atoms.